The predicted octanol–water partition coefficient (Wildman–Crippen LogP) is 4.13. The maximum absolute atomic E-state index is 5.62. The van der Waals surface area contributed by atoms with E-state index in [-0.39, 0.29) is 0 Å². The maximum Gasteiger partial charge on any atom is 0.128 e. The first-order chi connectivity index (χ1) is 14.7. The monoisotopic (exact) mass is 411 g/mol. The summed E-state index contributed by atoms with van der Waals surface area (Å²) in [7, 11) is 3.17. The second-order valence-electron chi connectivity index (χ2n) is 6.96. The summed E-state index contributed by atoms with van der Waals surface area (Å²) in [5.74, 6) is 2.47. The van der Waals surface area contributed by atoms with Crippen LogP contribution < -0.4 is 4.90 Å². The van der Waals surface area contributed by atoms with E-state index < -0.39 is 0 Å². The topological polar surface area (TPSA) is 47.1 Å². The summed E-state index contributed by atoms with van der Waals surface area (Å²) in [4.78, 5) is 9.26. The molecule has 1 atom stereocenters. The van der Waals surface area contributed by atoms with Crippen molar-refractivity contribution in [2.75, 3.05) is 51.8 Å². The molecule has 1 saturated heterocycles. The van der Waals surface area contributed by atoms with Gasteiger partial charge >= 0.3 is 0 Å². The number of methoxy groups -OCH3 is 2. The number of anilines is 1. The Kier molecular flexibility index (Phi) is 10.3. The Bertz CT molecular complexity index is 735. The van der Waals surface area contributed by atoms with E-state index >= 15 is 0 Å². The van der Waals surface area contributed by atoms with E-state index in [9.17, 15) is 0 Å². The van der Waals surface area contributed by atoms with Gasteiger partial charge in [0, 0.05) is 51.1 Å². The van der Waals surface area contributed by atoms with Crippen LogP contribution in [0.1, 0.15) is 6.42 Å². The molecule has 1 aromatic rings. The Morgan fingerprint density at radius 1 is 1.20 bits per heavy atom. The van der Waals surface area contributed by atoms with Crippen LogP contribution in [0.25, 0.3) is 0 Å². The predicted molar refractivity (Wildman–Crippen MR) is 122 cm³/mol. The van der Waals surface area contributed by atoms with Gasteiger partial charge in [-0.2, -0.15) is 0 Å². The molecule has 0 aliphatic carbocycles. The number of piperazine rings is 1. The van der Waals surface area contributed by atoms with Crippen LogP contribution in [-0.2, 0) is 14.2 Å². The molecule has 2 heterocycles. The van der Waals surface area contributed by atoms with Crippen molar-refractivity contribution < 1.29 is 14.2 Å². The van der Waals surface area contributed by atoms with Gasteiger partial charge in [0.2, 0.25) is 0 Å². The minimum atomic E-state index is 0.330. The molecule has 0 amide bonds. The van der Waals surface area contributed by atoms with Gasteiger partial charge in [-0.1, -0.05) is 18.7 Å². The van der Waals surface area contributed by atoms with Crippen molar-refractivity contribution in [2.45, 2.75) is 6.42 Å². The number of pyridine rings is 1. The van der Waals surface area contributed by atoms with E-state index in [0.717, 1.165) is 45.0 Å². The van der Waals surface area contributed by atoms with E-state index in [0.29, 0.717) is 17.4 Å². The Hall–Kier alpha value is -2.99. The molecule has 30 heavy (non-hydrogen) atoms. The number of ether oxygens (including phenoxy) is 3. The molecule has 6 nitrogen and oxygen atoms in total. The lowest BCUT2D eigenvalue weighted by Crippen LogP contribution is -2.47. The van der Waals surface area contributed by atoms with E-state index in [1.807, 2.05) is 24.4 Å². The highest BCUT2D eigenvalue weighted by Crippen LogP contribution is 2.16. The van der Waals surface area contributed by atoms with Crippen LogP contribution in [0.3, 0.4) is 0 Å². The third kappa shape index (κ3) is 8.17. The van der Waals surface area contributed by atoms with Gasteiger partial charge in [-0.25, -0.2) is 4.98 Å². The molecule has 1 unspecified atom stereocenters. The molecule has 0 spiro atoms. The standard InChI is InChI=1S/C24H33N3O3/c1-5-8-22(10-18-30-21(2)19-23(29-4)11-17-28-3)20-26-13-15-27(16-14-26)24-9-6-7-12-25-24/h5-7,9-12,17-19,22H,1-2,8,13-16,20H2,3-4H3/b17-11+,18-10+,23-19+. The summed E-state index contributed by atoms with van der Waals surface area (Å²) >= 11 is 0. The number of aromatic nitrogens is 1. The smallest absolute Gasteiger partial charge is 0.128 e. The minimum Gasteiger partial charge on any atom is -0.504 e. The van der Waals surface area contributed by atoms with Crippen molar-refractivity contribution in [3.63, 3.8) is 0 Å². The Morgan fingerprint density at radius 3 is 2.63 bits per heavy atom. The van der Waals surface area contributed by atoms with Gasteiger partial charge in [0.05, 0.1) is 26.7 Å². The van der Waals surface area contributed by atoms with E-state index in [4.69, 9.17) is 14.2 Å². The first-order valence-corrected chi connectivity index (χ1v) is 10.1. The highest BCUT2D eigenvalue weighted by Gasteiger charge is 2.19. The quantitative estimate of drug-likeness (QED) is 0.293. The molecule has 162 valence electrons. The van der Waals surface area contributed by atoms with Gasteiger partial charge in [0.1, 0.15) is 17.3 Å². The Morgan fingerprint density at radius 2 is 2.00 bits per heavy atom. The number of allylic oxidation sites excluding steroid dienone is 3. The molecule has 0 saturated carbocycles. The van der Waals surface area contributed by atoms with Crippen molar-refractivity contribution >= 4 is 5.82 Å². The summed E-state index contributed by atoms with van der Waals surface area (Å²) in [5, 5.41) is 0. The molecule has 6 heteroatoms. The molecule has 2 rings (SSSR count). The van der Waals surface area contributed by atoms with Gasteiger partial charge in [-0.15, -0.1) is 6.58 Å². The Balaban J connectivity index is 1.83. The maximum atomic E-state index is 5.62. The number of hydrogen-bond donors (Lipinski definition) is 0. The molecule has 1 aliphatic rings. The van der Waals surface area contributed by atoms with Crippen LogP contribution >= 0.6 is 0 Å². The van der Waals surface area contributed by atoms with Gasteiger partial charge in [-0.3, -0.25) is 4.90 Å². The SMILES string of the molecule is C=CCC(/C=C/OC(=C)/C=C(\C=C\OC)OC)CN1CCN(c2ccccn2)CC1. The van der Waals surface area contributed by atoms with Crippen molar-refractivity contribution in [1.82, 2.24) is 9.88 Å². The highest BCUT2D eigenvalue weighted by atomic mass is 16.5. The van der Waals surface area contributed by atoms with E-state index in [2.05, 4.69) is 40.1 Å². The van der Waals surface area contributed by atoms with Gasteiger partial charge in [0.25, 0.3) is 0 Å². The fourth-order valence-electron chi connectivity index (χ4n) is 3.20. The molecule has 1 aliphatic heterocycles. The molecular formula is C24H33N3O3. The lowest BCUT2D eigenvalue weighted by atomic mass is 10.0. The summed E-state index contributed by atoms with van der Waals surface area (Å²) in [6.07, 6.45) is 13.4. The van der Waals surface area contributed by atoms with Crippen molar-refractivity contribution in [3.05, 3.63) is 85.9 Å². The fourth-order valence-corrected chi connectivity index (χ4v) is 3.20. The zero-order valence-electron chi connectivity index (χ0n) is 18.1. The van der Waals surface area contributed by atoms with Gasteiger partial charge in [0.15, 0.2) is 0 Å². The van der Waals surface area contributed by atoms with Gasteiger partial charge in [-0.05, 0) is 30.5 Å². The minimum absolute atomic E-state index is 0.330. The zero-order chi connectivity index (χ0) is 21.6. The third-order valence-electron chi connectivity index (χ3n) is 4.79. The molecule has 0 bridgehead atoms. The molecule has 0 N–H and O–H groups in total. The van der Waals surface area contributed by atoms with Crippen LogP contribution in [0, 0.1) is 5.92 Å². The van der Waals surface area contributed by atoms with Crippen LogP contribution in [0.5, 0.6) is 0 Å². The summed E-state index contributed by atoms with van der Waals surface area (Å²) in [6.45, 7) is 12.7. The van der Waals surface area contributed by atoms with Crippen molar-refractivity contribution in [2.24, 2.45) is 5.92 Å². The normalized spacial score (nSPS) is 16.6. The van der Waals surface area contributed by atoms with E-state index in [1.165, 1.54) is 6.26 Å². The molecular weight excluding hydrogens is 378 g/mol. The average Bonchev–Trinajstić information content (AvgIpc) is 2.78. The molecule has 1 fully saturated rings. The lowest BCUT2D eigenvalue weighted by molar-refractivity contribution is 0.232. The third-order valence-corrected chi connectivity index (χ3v) is 4.79. The first-order valence-electron chi connectivity index (χ1n) is 10.1. The van der Waals surface area contributed by atoms with Crippen molar-refractivity contribution in [3.8, 4) is 0 Å². The Labute approximate surface area is 180 Å². The first kappa shape index (κ1) is 23.3. The van der Waals surface area contributed by atoms with Crippen molar-refractivity contribution in [1.29, 1.82) is 0 Å². The van der Waals surface area contributed by atoms with Crippen LogP contribution in [0.4, 0.5) is 5.82 Å². The summed E-state index contributed by atoms with van der Waals surface area (Å²) in [5.41, 5.74) is 0. The molecule has 0 aromatic carbocycles. The number of nitrogens with zero attached hydrogens (tertiary/aromatic N) is 3. The largest absolute Gasteiger partial charge is 0.504 e. The summed E-state index contributed by atoms with van der Waals surface area (Å²) < 4.78 is 15.7. The number of rotatable bonds is 12. The number of hydrogen-bond acceptors (Lipinski definition) is 6. The summed E-state index contributed by atoms with van der Waals surface area (Å²) in [6, 6.07) is 6.05. The van der Waals surface area contributed by atoms with Crippen LogP contribution in [0.2, 0.25) is 0 Å². The second-order valence-corrected chi connectivity index (χ2v) is 6.96. The zero-order valence-corrected chi connectivity index (χ0v) is 18.1. The lowest BCUT2D eigenvalue weighted by Gasteiger charge is -2.36. The van der Waals surface area contributed by atoms with Gasteiger partial charge < -0.3 is 19.1 Å². The van der Waals surface area contributed by atoms with E-state index in [1.54, 1.807) is 32.6 Å². The van der Waals surface area contributed by atoms with Crippen LogP contribution in [0.15, 0.2) is 85.9 Å². The highest BCUT2D eigenvalue weighted by molar-refractivity contribution is 5.38. The van der Waals surface area contributed by atoms with Crippen LogP contribution in [-0.4, -0.2) is 56.8 Å². The molecule has 1 aromatic heterocycles. The average molecular weight is 412 g/mol. The second kappa shape index (κ2) is 13.3. The molecule has 0 radical (unpaired) electrons. The fraction of sp³-hybridized carbons (Fsp3) is 0.375.